The van der Waals surface area contributed by atoms with E-state index in [1.807, 2.05) is 0 Å². The largest absolute Gasteiger partial charge is 0.416 e. The molecule has 23 heavy (non-hydrogen) atoms. The molecule has 1 atom stereocenters. The number of halogens is 3. The second kappa shape index (κ2) is 6.92. The molecule has 1 saturated carbocycles. The Kier molecular flexibility index (Phi) is 5.10. The smallest absolute Gasteiger partial charge is 0.176 e. The molecule has 0 heterocycles. The van der Waals surface area contributed by atoms with Crippen LogP contribution in [0.15, 0.2) is 30.3 Å². The van der Waals surface area contributed by atoms with E-state index >= 15 is 0 Å². The van der Waals surface area contributed by atoms with Gasteiger partial charge in [-0.1, -0.05) is 18.2 Å². The minimum atomic E-state index is -4.25. The van der Waals surface area contributed by atoms with Gasteiger partial charge in [-0.3, -0.25) is 0 Å². The zero-order valence-electron chi connectivity index (χ0n) is 13.1. The molecule has 2 aliphatic rings. The molecule has 1 fully saturated rings. The van der Waals surface area contributed by atoms with Crippen molar-refractivity contribution < 1.29 is 13.2 Å². The second-order valence-electron chi connectivity index (χ2n) is 6.91. The number of thiol groups is 1. The van der Waals surface area contributed by atoms with Crippen LogP contribution in [0.25, 0.3) is 5.57 Å². The summed E-state index contributed by atoms with van der Waals surface area (Å²) in [5.41, 5.74) is 1.58. The molecule has 2 aliphatic carbocycles. The molecule has 0 aliphatic heterocycles. The monoisotopic (exact) mass is 340 g/mol. The lowest BCUT2D eigenvalue weighted by molar-refractivity contribution is -0.137. The van der Waals surface area contributed by atoms with Crippen LogP contribution in [0.1, 0.15) is 56.1 Å². The summed E-state index contributed by atoms with van der Waals surface area (Å²) in [5, 5.41) is 0.577. The molecule has 0 radical (unpaired) electrons. The van der Waals surface area contributed by atoms with E-state index in [4.69, 9.17) is 0 Å². The first-order valence-corrected chi connectivity index (χ1v) is 9.00. The number of benzene rings is 1. The van der Waals surface area contributed by atoms with Crippen molar-refractivity contribution in [2.24, 2.45) is 11.8 Å². The van der Waals surface area contributed by atoms with Crippen molar-refractivity contribution in [2.75, 3.05) is 0 Å². The Bertz CT molecular complexity index is 551. The SMILES string of the molecule is FC(F)(F)c1ccc(C2=CCC(C3CCC(S)CC3)CC2)cc1. The molecule has 0 saturated heterocycles. The van der Waals surface area contributed by atoms with E-state index in [1.54, 1.807) is 12.1 Å². The fraction of sp³-hybridized carbons (Fsp3) is 0.579. The van der Waals surface area contributed by atoms with Gasteiger partial charge in [-0.25, -0.2) is 0 Å². The molecule has 0 spiro atoms. The van der Waals surface area contributed by atoms with Gasteiger partial charge >= 0.3 is 6.18 Å². The summed E-state index contributed by atoms with van der Waals surface area (Å²) >= 11 is 4.56. The van der Waals surface area contributed by atoms with Crippen LogP contribution in [-0.4, -0.2) is 5.25 Å². The van der Waals surface area contributed by atoms with Crippen molar-refractivity contribution in [1.29, 1.82) is 0 Å². The number of allylic oxidation sites excluding steroid dienone is 2. The average Bonchev–Trinajstić information content (AvgIpc) is 2.55. The first-order valence-electron chi connectivity index (χ1n) is 8.48. The van der Waals surface area contributed by atoms with Gasteiger partial charge in [-0.05, 0) is 80.1 Å². The summed E-state index contributed by atoms with van der Waals surface area (Å²) < 4.78 is 37.9. The Morgan fingerprint density at radius 3 is 2.04 bits per heavy atom. The molecule has 1 aromatic rings. The standard InChI is InChI=1S/C19H23F3S/c20-19(21,22)17-9-5-15(6-10-17)13-1-3-14(4-2-13)16-7-11-18(23)12-8-16/h1,5-6,9-10,14,16,18,23H,2-4,7-8,11-12H2. The van der Waals surface area contributed by atoms with Crippen LogP contribution in [0, 0.1) is 11.8 Å². The Labute approximate surface area is 141 Å². The van der Waals surface area contributed by atoms with Crippen LogP contribution in [0.3, 0.4) is 0 Å². The molecular formula is C19H23F3S. The Morgan fingerprint density at radius 2 is 1.52 bits per heavy atom. The molecule has 1 aromatic carbocycles. The predicted octanol–water partition coefficient (Wildman–Crippen LogP) is 6.38. The molecule has 0 amide bonds. The van der Waals surface area contributed by atoms with Crippen LogP contribution >= 0.6 is 12.6 Å². The molecule has 0 bridgehead atoms. The van der Waals surface area contributed by atoms with Gasteiger partial charge in [0.25, 0.3) is 0 Å². The summed E-state index contributed by atoms with van der Waals surface area (Å²) in [5.74, 6) is 1.55. The van der Waals surface area contributed by atoms with Crippen LogP contribution in [0.5, 0.6) is 0 Å². The Morgan fingerprint density at radius 1 is 0.870 bits per heavy atom. The third kappa shape index (κ3) is 4.14. The van der Waals surface area contributed by atoms with E-state index in [-0.39, 0.29) is 0 Å². The van der Waals surface area contributed by atoms with E-state index in [0.29, 0.717) is 5.25 Å². The zero-order chi connectivity index (χ0) is 16.4. The summed E-state index contributed by atoms with van der Waals surface area (Å²) in [6, 6.07) is 5.61. The van der Waals surface area contributed by atoms with Gasteiger partial charge < -0.3 is 0 Å². The van der Waals surface area contributed by atoms with Crippen molar-refractivity contribution >= 4 is 18.2 Å². The Hall–Kier alpha value is -0.900. The number of alkyl halides is 3. The highest BCUT2D eigenvalue weighted by Crippen LogP contribution is 2.41. The van der Waals surface area contributed by atoms with Gasteiger partial charge in [-0.15, -0.1) is 0 Å². The minimum Gasteiger partial charge on any atom is -0.176 e. The van der Waals surface area contributed by atoms with Crippen LogP contribution in [0.2, 0.25) is 0 Å². The van der Waals surface area contributed by atoms with E-state index in [0.717, 1.165) is 36.7 Å². The normalized spacial score (nSPS) is 29.2. The fourth-order valence-electron chi connectivity index (χ4n) is 3.99. The highest BCUT2D eigenvalue weighted by molar-refractivity contribution is 7.80. The fourth-order valence-corrected chi connectivity index (χ4v) is 4.29. The quantitative estimate of drug-likeness (QED) is 0.594. The zero-order valence-corrected chi connectivity index (χ0v) is 14.0. The van der Waals surface area contributed by atoms with Crippen molar-refractivity contribution in [3.63, 3.8) is 0 Å². The lowest BCUT2D eigenvalue weighted by atomic mass is 9.73. The van der Waals surface area contributed by atoms with Crippen molar-refractivity contribution in [2.45, 2.75) is 56.4 Å². The highest BCUT2D eigenvalue weighted by atomic mass is 32.1. The van der Waals surface area contributed by atoms with Gasteiger partial charge in [0, 0.05) is 5.25 Å². The first kappa shape index (κ1) is 16.9. The molecule has 3 rings (SSSR count). The van der Waals surface area contributed by atoms with Crippen molar-refractivity contribution in [1.82, 2.24) is 0 Å². The van der Waals surface area contributed by atoms with Crippen molar-refractivity contribution in [3.8, 4) is 0 Å². The summed E-state index contributed by atoms with van der Waals surface area (Å²) in [6.07, 6.45) is 6.22. The van der Waals surface area contributed by atoms with E-state index in [9.17, 15) is 13.2 Å². The van der Waals surface area contributed by atoms with Crippen molar-refractivity contribution in [3.05, 3.63) is 41.5 Å². The third-order valence-corrected chi connectivity index (χ3v) is 5.96. The maximum Gasteiger partial charge on any atom is 0.416 e. The molecule has 1 unspecified atom stereocenters. The number of hydrogen-bond acceptors (Lipinski definition) is 1. The molecule has 0 nitrogen and oxygen atoms in total. The molecule has 4 heteroatoms. The minimum absolute atomic E-state index is 0.570. The average molecular weight is 340 g/mol. The van der Waals surface area contributed by atoms with E-state index < -0.39 is 11.7 Å². The van der Waals surface area contributed by atoms with Gasteiger partial charge in [0.2, 0.25) is 0 Å². The van der Waals surface area contributed by atoms with E-state index in [2.05, 4.69) is 18.7 Å². The number of rotatable bonds is 2. The third-order valence-electron chi connectivity index (χ3n) is 5.44. The maximum atomic E-state index is 12.6. The molecule has 126 valence electrons. The van der Waals surface area contributed by atoms with Crippen LogP contribution in [0.4, 0.5) is 13.2 Å². The second-order valence-corrected chi connectivity index (χ2v) is 7.64. The Balaban J connectivity index is 1.62. The topological polar surface area (TPSA) is 0 Å². The van der Waals surface area contributed by atoms with Gasteiger partial charge in [0.1, 0.15) is 0 Å². The van der Waals surface area contributed by atoms with E-state index in [1.165, 1.54) is 43.4 Å². The van der Waals surface area contributed by atoms with Gasteiger partial charge in [0.15, 0.2) is 0 Å². The molecular weight excluding hydrogens is 317 g/mol. The maximum absolute atomic E-state index is 12.6. The number of hydrogen-bond donors (Lipinski definition) is 1. The summed E-state index contributed by atoms with van der Waals surface area (Å²) in [4.78, 5) is 0. The first-order chi connectivity index (χ1) is 10.9. The lowest BCUT2D eigenvalue weighted by Gasteiger charge is -2.34. The molecule has 0 N–H and O–H groups in total. The van der Waals surface area contributed by atoms with Crippen LogP contribution in [-0.2, 0) is 6.18 Å². The highest BCUT2D eigenvalue weighted by Gasteiger charge is 2.30. The van der Waals surface area contributed by atoms with Gasteiger partial charge in [0.05, 0.1) is 5.56 Å². The molecule has 0 aromatic heterocycles. The lowest BCUT2D eigenvalue weighted by Crippen LogP contribution is -2.23. The van der Waals surface area contributed by atoms with Crippen LogP contribution < -0.4 is 0 Å². The summed E-state index contributed by atoms with van der Waals surface area (Å²) in [7, 11) is 0. The predicted molar refractivity (Wildman–Crippen MR) is 91.5 cm³/mol. The summed E-state index contributed by atoms with van der Waals surface area (Å²) in [6.45, 7) is 0. The van der Waals surface area contributed by atoms with Gasteiger partial charge in [-0.2, -0.15) is 25.8 Å².